The quantitative estimate of drug-likeness (QED) is 0.0931. The van der Waals surface area contributed by atoms with Crippen LogP contribution in [0.25, 0.3) is 0 Å². The summed E-state index contributed by atoms with van der Waals surface area (Å²) >= 11 is 0. The van der Waals surface area contributed by atoms with Gasteiger partial charge >= 0.3 is 13.1 Å². The molecule has 1 amide bonds. The van der Waals surface area contributed by atoms with Crippen molar-refractivity contribution in [3.05, 3.63) is 24.3 Å². The van der Waals surface area contributed by atoms with Crippen molar-refractivity contribution < 1.29 is 34.6 Å². The monoisotopic (exact) mass is 570 g/mol. The zero-order valence-corrected chi connectivity index (χ0v) is 24.4. The molecular weight excluding hydrogens is 519 g/mol. The molecule has 0 heterocycles. The van der Waals surface area contributed by atoms with Gasteiger partial charge < -0.3 is 20.5 Å². The maximum absolute atomic E-state index is 12.3. The summed E-state index contributed by atoms with van der Waals surface area (Å²) in [5.41, 5.74) is 0.251. The second-order valence-corrected chi connectivity index (χ2v) is 12.2. The van der Waals surface area contributed by atoms with Crippen LogP contribution in [-0.4, -0.2) is 55.7 Å². The van der Waals surface area contributed by atoms with E-state index in [1.165, 1.54) is 56.4 Å². The van der Waals surface area contributed by atoms with Gasteiger partial charge in [0.2, 0.25) is 15.9 Å². The number of carbonyl (C=O) groups is 2. The molecule has 39 heavy (non-hydrogen) atoms. The molecule has 1 aromatic carbocycles. The minimum Gasteiger partial charge on any atom is -0.481 e. The molecule has 0 aromatic heterocycles. The fourth-order valence-corrected chi connectivity index (χ4v) is 5.38. The van der Waals surface area contributed by atoms with Crippen LogP contribution >= 0.6 is 0 Å². The van der Waals surface area contributed by atoms with Crippen molar-refractivity contribution in [2.24, 2.45) is 5.92 Å². The molecule has 0 aliphatic heterocycles. The number of hydrogen-bond acceptors (Lipinski definition) is 6. The lowest BCUT2D eigenvalue weighted by atomic mass is 9.81. The Morgan fingerprint density at radius 1 is 0.795 bits per heavy atom. The molecule has 0 saturated heterocycles. The van der Waals surface area contributed by atoms with Gasteiger partial charge in [-0.05, 0) is 43.3 Å². The van der Waals surface area contributed by atoms with E-state index in [-0.39, 0.29) is 23.6 Å². The van der Waals surface area contributed by atoms with Crippen molar-refractivity contribution in [3.63, 3.8) is 0 Å². The smallest absolute Gasteiger partial charge is 0.481 e. The molecule has 0 bridgehead atoms. The fourth-order valence-electron chi connectivity index (χ4n) is 4.30. The van der Waals surface area contributed by atoms with Crippen LogP contribution in [0.1, 0.15) is 111 Å². The van der Waals surface area contributed by atoms with Crippen molar-refractivity contribution in [2.75, 3.05) is 13.1 Å². The number of rotatable bonds is 24. The van der Waals surface area contributed by atoms with Gasteiger partial charge in [-0.2, -0.15) is 0 Å². The van der Waals surface area contributed by atoms with E-state index in [0.717, 1.165) is 57.8 Å². The number of unbranched alkanes of at least 4 members (excludes halogenated alkanes) is 12. The first kappa shape index (κ1) is 35.1. The Morgan fingerprint density at radius 2 is 1.28 bits per heavy atom. The lowest BCUT2D eigenvalue weighted by molar-refractivity contribution is -0.141. The Morgan fingerprint density at radius 3 is 1.79 bits per heavy atom. The number of carboxylic acid groups (broad SMARTS) is 1. The third-order valence-corrected chi connectivity index (χ3v) is 8.40. The summed E-state index contributed by atoms with van der Waals surface area (Å²) in [6.45, 7) is 2.72. The van der Waals surface area contributed by atoms with Crippen molar-refractivity contribution >= 4 is 34.5 Å². The number of sulfonamides is 1. The molecule has 0 fully saturated rings. The Labute approximate surface area is 236 Å². The van der Waals surface area contributed by atoms with E-state index in [2.05, 4.69) is 10.0 Å². The molecule has 0 spiro atoms. The average molecular weight is 571 g/mol. The second-order valence-electron chi connectivity index (χ2n) is 10.4. The standard InChI is InChI=1S/C28H49BN2O7S.H2/c1-24(28(33)34)16-13-15-22-30-27(32)17-12-10-8-6-4-2-3-5-7-9-11-14-23-31-39(37,38)26-20-18-25(19-21-26)29(35)36;/h18-21,24,31,35-36H,2-17,22-23H2,1H3,(H,30,32)(H,33,34);1H/t24-;/m0./s1. The summed E-state index contributed by atoms with van der Waals surface area (Å²) < 4.78 is 27.2. The van der Waals surface area contributed by atoms with Crippen molar-refractivity contribution in [1.82, 2.24) is 10.0 Å². The minimum atomic E-state index is -3.58. The number of carboxylic acids is 1. The van der Waals surface area contributed by atoms with Crippen LogP contribution in [0.5, 0.6) is 0 Å². The van der Waals surface area contributed by atoms with Crippen molar-refractivity contribution in [1.29, 1.82) is 0 Å². The van der Waals surface area contributed by atoms with Gasteiger partial charge in [-0.15, -0.1) is 0 Å². The average Bonchev–Trinajstić information content (AvgIpc) is 2.90. The van der Waals surface area contributed by atoms with Gasteiger partial charge in [0.05, 0.1) is 10.8 Å². The summed E-state index contributed by atoms with van der Waals surface area (Å²) in [5.74, 6) is -0.993. The highest BCUT2D eigenvalue weighted by Gasteiger charge is 2.16. The molecule has 0 unspecified atom stereocenters. The second kappa shape index (κ2) is 20.9. The number of benzene rings is 1. The summed E-state index contributed by atoms with van der Waals surface area (Å²) in [7, 11) is -5.20. The van der Waals surface area contributed by atoms with Crippen LogP contribution in [0.3, 0.4) is 0 Å². The van der Waals surface area contributed by atoms with Crippen LogP contribution in [0.4, 0.5) is 0 Å². The predicted octanol–water partition coefficient (Wildman–Crippen LogP) is 3.97. The molecule has 0 aliphatic carbocycles. The molecule has 5 N–H and O–H groups in total. The fraction of sp³-hybridized carbons (Fsp3) is 0.714. The highest BCUT2D eigenvalue weighted by atomic mass is 32.2. The number of aliphatic carboxylic acids is 1. The van der Waals surface area contributed by atoms with Gasteiger partial charge in [0.25, 0.3) is 0 Å². The first-order chi connectivity index (χ1) is 18.6. The SMILES string of the molecule is C[C@@H](CCCCNC(=O)CCCCCCCCCCCCCCNS(=O)(=O)c1ccc(B(O)O)cc1)C(=O)O.[HH]. The maximum atomic E-state index is 12.3. The van der Waals surface area contributed by atoms with Gasteiger partial charge in [-0.3, -0.25) is 9.59 Å². The molecular formula is C28H51BN2O7S. The van der Waals surface area contributed by atoms with Crippen LogP contribution < -0.4 is 15.5 Å². The van der Waals surface area contributed by atoms with Gasteiger partial charge in [0.15, 0.2) is 0 Å². The van der Waals surface area contributed by atoms with Gasteiger partial charge in [-0.25, -0.2) is 13.1 Å². The van der Waals surface area contributed by atoms with E-state index in [1.807, 2.05) is 0 Å². The van der Waals surface area contributed by atoms with E-state index in [4.69, 9.17) is 15.2 Å². The third kappa shape index (κ3) is 17.4. The summed E-state index contributed by atoms with van der Waals surface area (Å²) in [5, 5.41) is 30.0. The maximum Gasteiger partial charge on any atom is 0.488 e. The van der Waals surface area contributed by atoms with E-state index < -0.39 is 23.1 Å². The molecule has 1 rings (SSSR count). The summed E-state index contributed by atoms with van der Waals surface area (Å²) in [4.78, 5) is 22.7. The van der Waals surface area contributed by atoms with Crippen molar-refractivity contribution in [2.45, 2.75) is 115 Å². The Kier molecular flexibility index (Phi) is 18.8. The molecule has 0 saturated carbocycles. The number of amides is 1. The minimum absolute atomic E-state index is 0. The van der Waals surface area contributed by atoms with Crippen LogP contribution in [0, 0.1) is 5.92 Å². The molecule has 1 atom stereocenters. The molecule has 0 radical (unpaired) electrons. The van der Waals surface area contributed by atoms with E-state index >= 15 is 0 Å². The first-order valence-electron chi connectivity index (χ1n) is 14.6. The molecule has 1 aromatic rings. The largest absolute Gasteiger partial charge is 0.488 e. The Hall–Kier alpha value is -1.95. The van der Waals surface area contributed by atoms with Crippen molar-refractivity contribution in [3.8, 4) is 0 Å². The van der Waals surface area contributed by atoms with E-state index in [9.17, 15) is 18.0 Å². The molecule has 11 heteroatoms. The highest BCUT2D eigenvalue weighted by molar-refractivity contribution is 7.89. The zero-order chi connectivity index (χ0) is 28.9. The van der Waals surface area contributed by atoms with Gasteiger partial charge in [-0.1, -0.05) is 89.7 Å². The third-order valence-electron chi connectivity index (χ3n) is 6.92. The predicted molar refractivity (Wildman–Crippen MR) is 157 cm³/mol. The van der Waals surface area contributed by atoms with E-state index in [0.29, 0.717) is 25.9 Å². The normalized spacial score (nSPS) is 12.3. The number of carbonyl (C=O) groups excluding carboxylic acids is 1. The van der Waals surface area contributed by atoms with Gasteiger partial charge in [0.1, 0.15) is 0 Å². The zero-order valence-electron chi connectivity index (χ0n) is 23.6. The lowest BCUT2D eigenvalue weighted by Crippen LogP contribution is -2.30. The summed E-state index contributed by atoms with van der Waals surface area (Å²) in [6, 6.07) is 5.52. The summed E-state index contributed by atoms with van der Waals surface area (Å²) in [6.07, 6.45) is 16.1. The van der Waals surface area contributed by atoms with Crippen LogP contribution in [0.15, 0.2) is 29.2 Å². The molecule has 0 aliphatic rings. The van der Waals surface area contributed by atoms with Crippen LogP contribution in [0.2, 0.25) is 0 Å². The Balaban J connectivity index is 0.0000152. The Bertz CT molecular complexity index is 918. The topological polar surface area (TPSA) is 153 Å². The number of hydrogen-bond donors (Lipinski definition) is 5. The number of nitrogens with one attached hydrogen (secondary N) is 2. The molecule has 9 nitrogen and oxygen atoms in total. The lowest BCUT2D eigenvalue weighted by Gasteiger charge is -2.08. The highest BCUT2D eigenvalue weighted by Crippen LogP contribution is 2.13. The van der Waals surface area contributed by atoms with Crippen LogP contribution in [-0.2, 0) is 19.6 Å². The molecule has 224 valence electrons. The van der Waals surface area contributed by atoms with E-state index in [1.54, 1.807) is 6.92 Å². The first-order valence-corrected chi connectivity index (χ1v) is 16.1. The van der Waals surface area contributed by atoms with Gasteiger partial charge in [0, 0.05) is 20.9 Å².